The highest BCUT2D eigenvalue weighted by Gasteiger charge is 2.34. The van der Waals surface area contributed by atoms with Crippen molar-refractivity contribution in [1.29, 1.82) is 0 Å². The SMILES string of the molecule is CC(C)NC1CCCN(C(CN(C)C)C(C)C)C1=O. The third-order valence-electron chi connectivity index (χ3n) is 3.73. The van der Waals surface area contributed by atoms with Crippen LogP contribution in [0.2, 0.25) is 0 Å². The van der Waals surface area contributed by atoms with E-state index < -0.39 is 0 Å². The molecule has 2 atom stereocenters. The van der Waals surface area contributed by atoms with Gasteiger partial charge in [-0.2, -0.15) is 0 Å². The van der Waals surface area contributed by atoms with Crippen LogP contribution in [-0.2, 0) is 4.79 Å². The first-order chi connectivity index (χ1) is 8.82. The van der Waals surface area contributed by atoms with Crippen LogP contribution in [0.4, 0.5) is 0 Å². The number of likely N-dealkylation sites (tertiary alicyclic amines) is 1. The van der Waals surface area contributed by atoms with Crippen molar-refractivity contribution in [3.8, 4) is 0 Å². The van der Waals surface area contributed by atoms with Gasteiger partial charge in [0.2, 0.25) is 5.91 Å². The van der Waals surface area contributed by atoms with E-state index in [4.69, 9.17) is 0 Å². The number of likely N-dealkylation sites (N-methyl/N-ethyl adjacent to an activating group) is 1. The Bertz CT molecular complexity index is 289. The number of hydrogen-bond donors (Lipinski definition) is 1. The standard InChI is InChI=1S/C15H31N3O/c1-11(2)14(10-17(5)6)18-9-7-8-13(15(18)19)16-12(3)4/h11-14,16H,7-10H2,1-6H3. The normalized spacial score (nSPS) is 22.7. The Morgan fingerprint density at radius 1 is 1.32 bits per heavy atom. The number of carbonyl (C=O) groups excluding carboxylic acids is 1. The van der Waals surface area contributed by atoms with Gasteiger partial charge in [0.15, 0.2) is 0 Å². The Morgan fingerprint density at radius 2 is 1.95 bits per heavy atom. The van der Waals surface area contributed by atoms with Crippen molar-refractivity contribution in [3.63, 3.8) is 0 Å². The molecule has 0 aromatic rings. The summed E-state index contributed by atoms with van der Waals surface area (Å²) in [6, 6.07) is 0.691. The molecule has 0 bridgehead atoms. The predicted molar refractivity (Wildman–Crippen MR) is 80.2 cm³/mol. The van der Waals surface area contributed by atoms with Crippen LogP contribution in [0.25, 0.3) is 0 Å². The molecule has 1 amide bonds. The Hall–Kier alpha value is -0.610. The first-order valence-corrected chi connectivity index (χ1v) is 7.54. The second-order valence-corrected chi connectivity index (χ2v) is 6.62. The molecule has 1 aliphatic heterocycles. The minimum Gasteiger partial charge on any atom is -0.337 e. The monoisotopic (exact) mass is 269 g/mol. The molecule has 19 heavy (non-hydrogen) atoms. The fourth-order valence-electron chi connectivity index (χ4n) is 2.83. The number of nitrogens with zero attached hydrogens (tertiary/aromatic N) is 2. The summed E-state index contributed by atoms with van der Waals surface area (Å²) in [4.78, 5) is 16.9. The largest absolute Gasteiger partial charge is 0.337 e. The van der Waals surface area contributed by atoms with Gasteiger partial charge >= 0.3 is 0 Å². The Kier molecular flexibility index (Phi) is 6.27. The first-order valence-electron chi connectivity index (χ1n) is 7.54. The maximum Gasteiger partial charge on any atom is 0.240 e. The van der Waals surface area contributed by atoms with Gasteiger partial charge < -0.3 is 15.1 Å². The summed E-state index contributed by atoms with van der Waals surface area (Å²) >= 11 is 0. The van der Waals surface area contributed by atoms with Crippen molar-refractivity contribution in [2.75, 3.05) is 27.2 Å². The first kappa shape index (κ1) is 16.4. The number of piperidine rings is 1. The van der Waals surface area contributed by atoms with Crippen molar-refractivity contribution < 1.29 is 4.79 Å². The molecule has 1 aliphatic rings. The number of rotatable bonds is 6. The summed E-state index contributed by atoms with van der Waals surface area (Å²) in [5.74, 6) is 0.782. The summed E-state index contributed by atoms with van der Waals surface area (Å²) in [5.41, 5.74) is 0. The number of hydrogen-bond acceptors (Lipinski definition) is 3. The molecule has 0 aromatic heterocycles. The highest BCUT2D eigenvalue weighted by Crippen LogP contribution is 2.20. The van der Waals surface area contributed by atoms with E-state index in [1.807, 2.05) is 0 Å². The van der Waals surface area contributed by atoms with Crippen molar-refractivity contribution >= 4 is 5.91 Å². The van der Waals surface area contributed by atoms with Gasteiger partial charge in [-0.15, -0.1) is 0 Å². The van der Waals surface area contributed by atoms with Gasteiger partial charge in [-0.25, -0.2) is 0 Å². The predicted octanol–water partition coefficient (Wildman–Crippen LogP) is 1.56. The average molecular weight is 269 g/mol. The van der Waals surface area contributed by atoms with Crippen LogP contribution < -0.4 is 5.32 Å². The van der Waals surface area contributed by atoms with Crippen molar-refractivity contribution in [2.45, 2.75) is 58.7 Å². The molecular weight excluding hydrogens is 238 g/mol. The lowest BCUT2D eigenvalue weighted by molar-refractivity contribution is -0.140. The van der Waals surface area contributed by atoms with Gasteiger partial charge in [-0.05, 0) is 32.9 Å². The molecule has 2 unspecified atom stereocenters. The fourth-order valence-corrected chi connectivity index (χ4v) is 2.83. The van der Waals surface area contributed by atoms with E-state index in [0.29, 0.717) is 23.9 Å². The minimum absolute atomic E-state index is 0.0113. The van der Waals surface area contributed by atoms with Gasteiger partial charge in [0.25, 0.3) is 0 Å². The average Bonchev–Trinajstić information content (AvgIpc) is 2.28. The molecule has 112 valence electrons. The van der Waals surface area contributed by atoms with Crippen LogP contribution in [-0.4, -0.2) is 61.0 Å². The van der Waals surface area contributed by atoms with Crippen molar-refractivity contribution in [3.05, 3.63) is 0 Å². The zero-order valence-electron chi connectivity index (χ0n) is 13.4. The summed E-state index contributed by atoms with van der Waals surface area (Å²) in [5, 5.41) is 3.40. The highest BCUT2D eigenvalue weighted by molar-refractivity contribution is 5.83. The molecule has 4 heteroatoms. The fraction of sp³-hybridized carbons (Fsp3) is 0.933. The maximum absolute atomic E-state index is 12.6. The van der Waals surface area contributed by atoms with E-state index in [1.54, 1.807) is 0 Å². The zero-order chi connectivity index (χ0) is 14.6. The zero-order valence-corrected chi connectivity index (χ0v) is 13.4. The quantitative estimate of drug-likeness (QED) is 0.795. The smallest absolute Gasteiger partial charge is 0.240 e. The van der Waals surface area contributed by atoms with Crippen LogP contribution in [0.5, 0.6) is 0 Å². The summed E-state index contributed by atoms with van der Waals surface area (Å²) in [6.45, 7) is 10.5. The van der Waals surface area contributed by atoms with Crippen LogP contribution >= 0.6 is 0 Å². The Labute approximate surface area is 118 Å². The third-order valence-corrected chi connectivity index (χ3v) is 3.73. The van der Waals surface area contributed by atoms with E-state index >= 15 is 0 Å². The summed E-state index contributed by atoms with van der Waals surface area (Å²) in [7, 11) is 4.15. The van der Waals surface area contributed by atoms with Crippen LogP contribution in [0.3, 0.4) is 0 Å². The second-order valence-electron chi connectivity index (χ2n) is 6.62. The molecule has 0 spiro atoms. The molecule has 1 saturated heterocycles. The van der Waals surface area contributed by atoms with Crippen LogP contribution in [0, 0.1) is 5.92 Å². The summed E-state index contributed by atoms with van der Waals surface area (Å²) < 4.78 is 0. The minimum atomic E-state index is 0.0113. The van der Waals surface area contributed by atoms with E-state index in [1.165, 1.54) is 0 Å². The van der Waals surface area contributed by atoms with Gasteiger partial charge in [0.05, 0.1) is 6.04 Å². The lowest BCUT2D eigenvalue weighted by Crippen LogP contribution is -2.58. The van der Waals surface area contributed by atoms with E-state index in [0.717, 1.165) is 25.9 Å². The number of amides is 1. The maximum atomic E-state index is 12.6. The number of nitrogens with one attached hydrogen (secondary N) is 1. The Morgan fingerprint density at radius 3 is 2.42 bits per heavy atom. The van der Waals surface area contributed by atoms with Gasteiger partial charge in [-0.1, -0.05) is 27.7 Å². The van der Waals surface area contributed by atoms with Crippen molar-refractivity contribution in [1.82, 2.24) is 15.1 Å². The van der Waals surface area contributed by atoms with E-state index in [2.05, 4.69) is 56.9 Å². The van der Waals surface area contributed by atoms with E-state index in [9.17, 15) is 4.79 Å². The lowest BCUT2D eigenvalue weighted by Gasteiger charge is -2.41. The molecule has 0 aromatic carbocycles. The van der Waals surface area contributed by atoms with Gasteiger partial charge in [0.1, 0.15) is 0 Å². The molecule has 1 fully saturated rings. The molecule has 0 aliphatic carbocycles. The molecular formula is C15H31N3O. The van der Waals surface area contributed by atoms with E-state index in [-0.39, 0.29) is 6.04 Å². The molecule has 1 N–H and O–H groups in total. The highest BCUT2D eigenvalue weighted by atomic mass is 16.2. The molecule has 4 nitrogen and oxygen atoms in total. The molecule has 0 saturated carbocycles. The van der Waals surface area contributed by atoms with Gasteiger partial charge in [0, 0.05) is 25.2 Å². The topological polar surface area (TPSA) is 35.6 Å². The third kappa shape index (κ3) is 4.77. The lowest BCUT2D eigenvalue weighted by atomic mass is 9.96. The van der Waals surface area contributed by atoms with Crippen molar-refractivity contribution in [2.24, 2.45) is 5.92 Å². The molecule has 1 rings (SSSR count). The van der Waals surface area contributed by atoms with Crippen LogP contribution in [0.1, 0.15) is 40.5 Å². The molecule has 0 radical (unpaired) electrons. The Balaban J connectivity index is 2.75. The second kappa shape index (κ2) is 7.25. The number of carbonyl (C=O) groups is 1. The summed E-state index contributed by atoms with van der Waals surface area (Å²) in [6.07, 6.45) is 2.08. The molecule has 1 heterocycles. The van der Waals surface area contributed by atoms with Gasteiger partial charge in [-0.3, -0.25) is 4.79 Å². The van der Waals surface area contributed by atoms with Crippen LogP contribution in [0.15, 0.2) is 0 Å².